The van der Waals surface area contributed by atoms with Crippen LogP contribution in [0.2, 0.25) is 0 Å². The van der Waals surface area contributed by atoms with Crippen molar-refractivity contribution in [3.8, 4) is 0 Å². The molecular formula is C9H16O3. The highest BCUT2D eigenvalue weighted by Gasteiger charge is 2.38. The zero-order valence-electron chi connectivity index (χ0n) is 7.29. The van der Waals surface area contributed by atoms with Crippen LogP contribution in [-0.2, 0) is 9.47 Å². The van der Waals surface area contributed by atoms with E-state index in [1.54, 1.807) is 0 Å². The lowest BCUT2D eigenvalue weighted by Gasteiger charge is -2.41. The summed E-state index contributed by atoms with van der Waals surface area (Å²) in [4.78, 5) is 0. The lowest BCUT2D eigenvalue weighted by Crippen LogP contribution is -2.45. The lowest BCUT2D eigenvalue weighted by atomic mass is 9.85. The smallest absolute Gasteiger partial charge is 0.0750 e. The third-order valence-electron chi connectivity index (χ3n) is 2.87. The molecule has 1 N–H and O–H groups in total. The van der Waals surface area contributed by atoms with Crippen molar-refractivity contribution in [1.82, 2.24) is 0 Å². The maximum Gasteiger partial charge on any atom is 0.0750 e. The zero-order valence-corrected chi connectivity index (χ0v) is 7.29. The molecule has 0 bridgehead atoms. The topological polar surface area (TPSA) is 38.7 Å². The van der Waals surface area contributed by atoms with Crippen molar-refractivity contribution >= 4 is 0 Å². The fraction of sp³-hybridized carbons (Fsp3) is 1.00. The van der Waals surface area contributed by atoms with Gasteiger partial charge in [0.1, 0.15) is 0 Å². The first kappa shape index (κ1) is 8.48. The molecule has 12 heavy (non-hydrogen) atoms. The Morgan fingerprint density at radius 1 is 1.17 bits per heavy atom. The molecule has 2 rings (SSSR count). The second-order valence-corrected chi connectivity index (χ2v) is 3.79. The number of hydrogen-bond acceptors (Lipinski definition) is 3. The van der Waals surface area contributed by atoms with Crippen LogP contribution in [0.4, 0.5) is 0 Å². The molecular weight excluding hydrogens is 156 g/mol. The van der Waals surface area contributed by atoms with E-state index in [0.29, 0.717) is 6.61 Å². The third-order valence-corrected chi connectivity index (χ3v) is 2.87. The summed E-state index contributed by atoms with van der Waals surface area (Å²) in [5, 5.41) is 9.51. The number of aliphatic hydroxyl groups is 1. The number of hydrogen-bond donors (Lipinski definition) is 1. The van der Waals surface area contributed by atoms with Crippen LogP contribution >= 0.6 is 0 Å². The van der Waals surface area contributed by atoms with Gasteiger partial charge in [-0.25, -0.2) is 0 Å². The van der Waals surface area contributed by atoms with Crippen LogP contribution in [0.25, 0.3) is 0 Å². The summed E-state index contributed by atoms with van der Waals surface area (Å²) in [5.74, 6) is 0. The Morgan fingerprint density at radius 2 is 1.92 bits per heavy atom. The maximum atomic E-state index is 9.51. The first-order valence-electron chi connectivity index (χ1n) is 4.71. The molecule has 1 spiro atoms. The van der Waals surface area contributed by atoms with Crippen molar-refractivity contribution in [3.05, 3.63) is 0 Å². The third kappa shape index (κ3) is 1.63. The van der Waals surface area contributed by atoms with Gasteiger partial charge < -0.3 is 14.6 Å². The van der Waals surface area contributed by atoms with E-state index in [0.717, 1.165) is 38.9 Å². The van der Waals surface area contributed by atoms with E-state index in [9.17, 15) is 5.11 Å². The predicted octanol–water partition coefficient (Wildman–Crippen LogP) is 0.707. The van der Waals surface area contributed by atoms with E-state index in [4.69, 9.17) is 9.47 Å². The van der Waals surface area contributed by atoms with E-state index in [1.165, 1.54) is 0 Å². The molecule has 0 aromatic heterocycles. The summed E-state index contributed by atoms with van der Waals surface area (Å²) in [6, 6.07) is 0. The highest BCUT2D eigenvalue weighted by Crippen LogP contribution is 2.33. The van der Waals surface area contributed by atoms with Gasteiger partial charge in [-0.3, -0.25) is 0 Å². The van der Waals surface area contributed by atoms with E-state index in [-0.39, 0.29) is 11.7 Å². The molecule has 0 saturated carbocycles. The molecule has 0 unspecified atom stereocenters. The molecule has 0 radical (unpaired) electrons. The SMILES string of the molecule is O[C@H]1CCOC2(CCOCC2)C1. The minimum atomic E-state index is -0.156. The molecule has 2 saturated heterocycles. The minimum absolute atomic E-state index is 0.0457. The summed E-state index contributed by atoms with van der Waals surface area (Å²) in [7, 11) is 0. The molecule has 0 aromatic rings. The van der Waals surface area contributed by atoms with Crippen LogP contribution < -0.4 is 0 Å². The average Bonchev–Trinajstić information content (AvgIpc) is 2.05. The van der Waals surface area contributed by atoms with Gasteiger partial charge in [-0.15, -0.1) is 0 Å². The fourth-order valence-corrected chi connectivity index (χ4v) is 2.09. The molecule has 0 aliphatic carbocycles. The van der Waals surface area contributed by atoms with Gasteiger partial charge in [0.2, 0.25) is 0 Å². The van der Waals surface area contributed by atoms with Crippen molar-refractivity contribution in [2.75, 3.05) is 19.8 Å². The largest absolute Gasteiger partial charge is 0.393 e. The summed E-state index contributed by atoms with van der Waals surface area (Å²) in [6.45, 7) is 2.28. The Balaban J connectivity index is 1.97. The van der Waals surface area contributed by atoms with E-state index in [1.807, 2.05) is 0 Å². The van der Waals surface area contributed by atoms with Crippen LogP contribution in [0.1, 0.15) is 25.7 Å². The van der Waals surface area contributed by atoms with Gasteiger partial charge >= 0.3 is 0 Å². The van der Waals surface area contributed by atoms with Gasteiger partial charge in [0.15, 0.2) is 0 Å². The van der Waals surface area contributed by atoms with Crippen molar-refractivity contribution < 1.29 is 14.6 Å². The van der Waals surface area contributed by atoms with Gasteiger partial charge in [-0.2, -0.15) is 0 Å². The van der Waals surface area contributed by atoms with Gasteiger partial charge in [0.25, 0.3) is 0 Å². The second-order valence-electron chi connectivity index (χ2n) is 3.79. The van der Waals surface area contributed by atoms with Crippen LogP contribution in [0.15, 0.2) is 0 Å². The fourth-order valence-electron chi connectivity index (χ4n) is 2.09. The quantitative estimate of drug-likeness (QED) is 0.584. The van der Waals surface area contributed by atoms with E-state index in [2.05, 4.69) is 0 Å². The molecule has 2 aliphatic rings. The molecule has 0 aromatic carbocycles. The normalized spacial score (nSPS) is 35.2. The average molecular weight is 172 g/mol. The Labute approximate surface area is 72.7 Å². The molecule has 2 aliphatic heterocycles. The van der Waals surface area contributed by atoms with Crippen molar-refractivity contribution in [2.24, 2.45) is 0 Å². The number of rotatable bonds is 0. The highest BCUT2D eigenvalue weighted by molar-refractivity contribution is 4.88. The summed E-state index contributed by atoms with van der Waals surface area (Å²) in [5.41, 5.74) is -0.0457. The Bertz CT molecular complexity index is 146. The van der Waals surface area contributed by atoms with Crippen molar-refractivity contribution in [3.63, 3.8) is 0 Å². The standard InChI is InChI=1S/C9H16O3/c10-8-1-4-12-9(7-8)2-5-11-6-3-9/h8,10H,1-7H2/t8-/m0/s1. The van der Waals surface area contributed by atoms with Crippen molar-refractivity contribution in [1.29, 1.82) is 0 Å². The van der Waals surface area contributed by atoms with Crippen LogP contribution in [0, 0.1) is 0 Å². The lowest BCUT2D eigenvalue weighted by molar-refractivity contribution is -0.159. The van der Waals surface area contributed by atoms with Gasteiger partial charge in [0, 0.05) is 26.2 Å². The molecule has 3 heteroatoms. The van der Waals surface area contributed by atoms with Crippen LogP contribution in [0.5, 0.6) is 0 Å². The summed E-state index contributed by atoms with van der Waals surface area (Å²) < 4.78 is 11.0. The first-order chi connectivity index (χ1) is 5.81. The predicted molar refractivity (Wildman–Crippen MR) is 44.0 cm³/mol. The Hall–Kier alpha value is -0.120. The molecule has 0 amide bonds. The highest BCUT2D eigenvalue weighted by atomic mass is 16.5. The second kappa shape index (κ2) is 3.32. The van der Waals surface area contributed by atoms with E-state index >= 15 is 0 Å². The molecule has 70 valence electrons. The van der Waals surface area contributed by atoms with Gasteiger partial charge in [-0.05, 0) is 19.3 Å². The number of ether oxygens (including phenoxy) is 2. The Morgan fingerprint density at radius 3 is 2.58 bits per heavy atom. The first-order valence-corrected chi connectivity index (χ1v) is 4.71. The summed E-state index contributed by atoms with van der Waals surface area (Å²) >= 11 is 0. The summed E-state index contributed by atoms with van der Waals surface area (Å²) in [6.07, 6.45) is 3.34. The Kier molecular flexibility index (Phi) is 2.35. The van der Waals surface area contributed by atoms with Gasteiger partial charge in [-0.1, -0.05) is 0 Å². The number of aliphatic hydroxyl groups excluding tert-OH is 1. The monoisotopic (exact) mass is 172 g/mol. The van der Waals surface area contributed by atoms with Gasteiger partial charge in [0.05, 0.1) is 11.7 Å². The molecule has 1 atom stereocenters. The zero-order chi connectivity index (χ0) is 8.44. The molecule has 2 fully saturated rings. The van der Waals surface area contributed by atoms with Crippen molar-refractivity contribution in [2.45, 2.75) is 37.4 Å². The van der Waals surface area contributed by atoms with E-state index < -0.39 is 0 Å². The van der Waals surface area contributed by atoms with Crippen LogP contribution in [0.3, 0.4) is 0 Å². The molecule has 2 heterocycles. The maximum absolute atomic E-state index is 9.51. The minimum Gasteiger partial charge on any atom is -0.393 e. The molecule has 3 nitrogen and oxygen atoms in total. The van der Waals surface area contributed by atoms with Crippen LogP contribution in [-0.4, -0.2) is 36.6 Å².